The van der Waals surface area contributed by atoms with Gasteiger partial charge < -0.3 is 0 Å². The Morgan fingerprint density at radius 3 is 2.27 bits per heavy atom. The fourth-order valence-corrected chi connectivity index (χ4v) is 4.86. The molecule has 0 aromatic heterocycles. The first-order valence-corrected chi connectivity index (χ1v) is 9.61. The van der Waals surface area contributed by atoms with Crippen molar-refractivity contribution in [3.63, 3.8) is 0 Å². The molecule has 0 saturated carbocycles. The lowest BCUT2D eigenvalue weighted by molar-refractivity contribution is 0.522. The van der Waals surface area contributed by atoms with Crippen molar-refractivity contribution in [1.82, 2.24) is 3.71 Å². The van der Waals surface area contributed by atoms with Gasteiger partial charge in [-0.3, -0.25) is 0 Å². The molecule has 2 aromatic carbocycles. The third kappa shape index (κ3) is 4.01. The molecule has 22 heavy (non-hydrogen) atoms. The predicted molar refractivity (Wildman–Crippen MR) is 95.1 cm³/mol. The van der Waals surface area contributed by atoms with Crippen LogP contribution in [-0.4, -0.2) is 18.2 Å². The molecule has 0 bridgehead atoms. The van der Waals surface area contributed by atoms with Crippen molar-refractivity contribution in [3.05, 3.63) is 71.7 Å². The molecule has 0 saturated heterocycles. The fraction of sp³-hybridized carbons (Fsp3) is 0.125. The number of halogens is 1. The topological polar surface area (TPSA) is 37.4 Å². The van der Waals surface area contributed by atoms with Crippen LogP contribution in [0.3, 0.4) is 0 Å². The minimum atomic E-state index is -3.62. The van der Waals surface area contributed by atoms with Crippen LogP contribution in [0, 0.1) is 0 Å². The molecule has 0 spiro atoms. The lowest BCUT2D eigenvalue weighted by atomic mass is 10.4. The van der Waals surface area contributed by atoms with Gasteiger partial charge in [-0.25, -0.2) is 8.42 Å². The molecule has 2 aromatic rings. The Morgan fingerprint density at radius 1 is 1.14 bits per heavy atom. The van der Waals surface area contributed by atoms with Crippen LogP contribution in [-0.2, 0) is 10.0 Å². The van der Waals surface area contributed by atoms with Crippen molar-refractivity contribution in [2.45, 2.75) is 22.8 Å². The molecule has 0 N–H and O–H groups in total. The van der Waals surface area contributed by atoms with E-state index in [1.807, 2.05) is 30.3 Å². The molecule has 0 aliphatic carbocycles. The van der Waals surface area contributed by atoms with Gasteiger partial charge in [0.15, 0.2) is 0 Å². The summed E-state index contributed by atoms with van der Waals surface area (Å²) < 4.78 is 28.0. The van der Waals surface area contributed by atoms with Crippen LogP contribution in [0.2, 0.25) is 0 Å². The fourth-order valence-electron chi connectivity index (χ4n) is 1.73. The van der Waals surface area contributed by atoms with Gasteiger partial charge in [0.2, 0.25) is 0 Å². The molecule has 0 heterocycles. The number of nitrogens with zero attached hydrogens (tertiary/aromatic N) is 1. The molecule has 6 heteroatoms. The van der Waals surface area contributed by atoms with Crippen LogP contribution in [0.4, 0.5) is 0 Å². The van der Waals surface area contributed by atoms with Gasteiger partial charge in [-0.1, -0.05) is 40.2 Å². The number of benzene rings is 2. The average Bonchev–Trinajstić information content (AvgIpc) is 2.53. The monoisotopic (exact) mass is 397 g/mol. The van der Waals surface area contributed by atoms with Crippen LogP contribution in [0.5, 0.6) is 0 Å². The van der Waals surface area contributed by atoms with Crippen molar-refractivity contribution in [2.75, 3.05) is 0 Å². The maximum atomic E-state index is 12.9. The normalized spacial score (nSPS) is 13.0. The van der Waals surface area contributed by atoms with Crippen molar-refractivity contribution in [2.24, 2.45) is 0 Å². The average molecular weight is 398 g/mol. The van der Waals surface area contributed by atoms with E-state index in [2.05, 4.69) is 22.5 Å². The van der Waals surface area contributed by atoms with E-state index in [4.69, 9.17) is 0 Å². The first-order valence-electron chi connectivity index (χ1n) is 6.60. The van der Waals surface area contributed by atoms with Gasteiger partial charge in [0, 0.05) is 9.37 Å². The maximum absolute atomic E-state index is 12.9. The summed E-state index contributed by atoms with van der Waals surface area (Å²) >= 11 is 4.51. The number of rotatable bonds is 6. The standard InChI is InChI=1S/C16H16BrNO2S2/c1-3-13(2)18(21-15-7-5-4-6-8-15)22(19,20)16-11-9-14(17)10-12-16/h3-13H,1H2,2H3. The second-order valence-corrected chi connectivity index (χ2v) is 8.60. The van der Waals surface area contributed by atoms with E-state index < -0.39 is 10.0 Å². The summed E-state index contributed by atoms with van der Waals surface area (Å²) in [6, 6.07) is 15.7. The van der Waals surface area contributed by atoms with E-state index in [1.54, 1.807) is 37.3 Å². The quantitative estimate of drug-likeness (QED) is 0.522. The Hall–Kier alpha value is -1.08. The number of sulfonamides is 1. The van der Waals surface area contributed by atoms with E-state index in [0.29, 0.717) is 0 Å². The molecule has 0 aliphatic heterocycles. The summed E-state index contributed by atoms with van der Waals surface area (Å²) in [5.74, 6) is 0. The van der Waals surface area contributed by atoms with E-state index in [9.17, 15) is 8.42 Å². The predicted octanol–water partition coefficient (Wildman–Crippen LogP) is 4.72. The number of hydrogen-bond acceptors (Lipinski definition) is 3. The minimum Gasteiger partial charge on any atom is -0.206 e. The first kappa shape index (κ1) is 17.3. The Bertz CT molecular complexity index is 731. The van der Waals surface area contributed by atoms with Gasteiger partial charge in [-0.05, 0) is 55.3 Å². The zero-order chi connectivity index (χ0) is 16.2. The third-order valence-corrected chi connectivity index (χ3v) is 6.97. The molecular weight excluding hydrogens is 382 g/mol. The molecule has 0 radical (unpaired) electrons. The molecule has 0 amide bonds. The highest BCUT2D eigenvalue weighted by Crippen LogP contribution is 2.32. The first-order chi connectivity index (χ1) is 10.4. The Labute approximate surface area is 144 Å². The van der Waals surface area contributed by atoms with Crippen molar-refractivity contribution in [1.29, 1.82) is 0 Å². The SMILES string of the molecule is C=CC(C)N(Sc1ccccc1)S(=O)(=O)c1ccc(Br)cc1. The lowest BCUT2D eigenvalue weighted by Crippen LogP contribution is -2.31. The molecule has 3 nitrogen and oxygen atoms in total. The highest BCUT2D eigenvalue weighted by Gasteiger charge is 2.29. The molecule has 1 atom stereocenters. The molecule has 0 aliphatic rings. The Morgan fingerprint density at radius 2 is 1.73 bits per heavy atom. The molecule has 2 rings (SSSR count). The highest BCUT2D eigenvalue weighted by atomic mass is 79.9. The van der Waals surface area contributed by atoms with Crippen LogP contribution in [0.25, 0.3) is 0 Å². The Kier molecular flexibility index (Phi) is 5.86. The van der Waals surface area contributed by atoms with Crippen molar-refractivity contribution >= 4 is 37.9 Å². The summed E-state index contributed by atoms with van der Waals surface area (Å²) in [4.78, 5) is 1.12. The molecule has 116 valence electrons. The van der Waals surface area contributed by atoms with Gasteiger partial charge in [-0.2, -0.15) is 0 Å². The van der Waals surface area contributed by atoms with Gasteiger partial charge in [0.05, 0.1) is 10.9 Å². The number of hydrogen-bond donors (Lipinski definition) is 0. The molecule has 0 fully saturated rings. The molecule has 1 unspecified atom stereocenters. The van der Waals surface area contributed by atoms with E-state index in [-0.39, 0.29) is 10.9 Å². The summed E-state index contributed by atoms with van der Waals surface area (Å²) in [6.07, 6.45) is 1.62. The zero-order valence-electron chi connectivity index (χ0n) is 12.0. The summed E-state index contributed by atoms with van der Waals surface area (Å²) in [6.45, 7) is 5.52. The maximum Gasteiger partial charge on any atom is 0.253 e. The lowest BCUT2D eigenvalue weighted by Gasteiger charge is -2.25. The van der Waals surface area contributed by atoms with E-state index in [0.717, 1.165) is 9.37 Å². The van der Waals surface area contributed by atoms with Gasteiger partial charge in [0.1, 0.15) is 0 Å². The van der Waals surface area contributed by atoms with Crippen LogP contribution >= 0.6 is 27.9 Å². The van der Waals surface area contributed by atoms with Crippen molar-refractivity contribution < 1.29 is 8.42 Å². The smallest absolute Gasteiger partial charge is 0.206 e. The second-order valence-electron chi connectivity index (χ2n) is 4.59. The Balaban J connectivity index is 2.39. The van der Waals surface area contributed by atoms with Gasteiger partial charge in [-0.15, -0.1) is 10.3 Å². The largest absolute Gasteiger partial charge is 0.253 e. The van der Waals surface area contributed by atoms with Gasteiger partial charge >= 0.3 is 0 Å². The van der Waals surface area contributed by atoms with Gasteiger partial charge in [0.25, 0.3) is 10.0 Å². The highest BCUT2D eigenvalue weighted by molar-refractivity contribution is 9.10. The zero-order valence-corrected chi connectivity index (χ0v) is 15.2. The van der Waals surface area contributed by atoms with Crippen LogP contribution in [0.1, 0.15) is 6.92 Å². The van der Waals surface area contributed by atoms with Crippen LogP contribution < -0.4 is 0 Å². The van der Waals surface area contributed by atoms with E-state index >= 15 is 0 Å². The second kappa shape index (κ2) is 7.46. The minimum absolute atomic E-state index is 0.257. The third-order valence-electron chi connectivity index (χ3n) is 2.96. The summed E-state index contributed by atoms with van der Waals surface area (Å²) in [5, 5.41) is 0. The van der Waals surface area contributed by atoms with Crippen LogP contribution in [0.15, 0.2) is 81.5 Å². The van der Waals surface area contributed by atoms with E-state index in [1.165, 1.54) is 15.7 Å². The summed E-state index contributed by atoms with van der Waals surface area (Å²) in [7, 11) is -3.62. The summed E-state index contributed by atoms with van der Waals surface area (Å²) in [5.41, 5.74) is 0. The molecular formula is C16H16BrNO2S2. The van der Waals surface area contributed by atoms with Crippen molar-refractivity contribution in [3.8, 4) is 0 Å².